The van der Waals surface area contributed by atoms with Gasteiger partial charge in [0.15, 0.2) is 0 Å². The maximum absolute atomic E-state index is 12.6. The summed E-state index contributed by atoms with van der Waals surface area (Å²) in [6.45, 7) is 5.41. The minimum absolute atomic E-state index is 0.143. The molecule has 1 aromatic carbocycles. The minimum atomic E-state index is -3.55. The number of sulfonamides is 1. The van der Waals surface area contributed by atoms with Crippen LogP contribution in [-0.4, -0.2) is 57.5 Å². The lowest BCUT2D eigenvalue weighted by Crippen LogP contribution is -2.48. The van der Waals surface area contributed by atoms with Crippen LogP contribution >= 0.6 is 0 Å². The molecule has 1 heterocycles. The Labute approximate surface area is 125 Å². The third-order valence-electron chi connectivity index (χ3n) is 3.71. The fourth-order valence-corrected chi connectivity index (χ4v) is 3.82. The van der Waals surface area contributed by atoms with Gasteiger partial charge in [0.2, 0.25) is 10.0 Å². The number of ether oxygens (including phenoxy) is 1. The van der Waals surface area contributed by atoms with Crippen molar-refractivity contribution in [1.82, 2.24) is 9.21 Å². The van der Waals surface area contributed by atoms with Gasteiger partial charge in [-0.25, -0.2) is 8.42 Å². The van der Waals surface area contributed by atoms with Crippen LogP contribution in [0.3, 0.4) is 0 Å². The van der Waals surface area contributed by atoms with Crippen LogP contribution in [-0.2, 0) is 10.0 Å². The van der Waals surface area contributed by atoms with Crippen molar-refractivity contribution in [3.8, 4) is 11.8 Å². The number of methoxy groups -OCH3 is 1. The molecule has 2 rings (SSSR count). The van der Waals surface area contributed by atoms with E-state index in [9.17, 15) is 8.42 Å². The highest BCUT2D eigenvalue weighted by Crippen LogP contribution is 2.24. The summed E-state index contributed by atoms with van der Waals surface area (Å²) in [5.41, 5.74) is 0.228. The average Bonchev–Trinajstić information content (AvgIpc) is 2.54. The van der Waals surface area contributed by atoms with Crippen LogP contribution in [0.4, 0.5) is 0 Å². The van der Waals surface area contributed by atoms with Crippen molar-refractivity contribution in [2.24, 2.45) is 0 Å². The van der Waals surface area contributed by atoms with E-state index in [2.05, 4.69) is 11.8 Å². The second-order valence-electron chi connectivity index (χ2n) is 4.81. The van der Waals surface area contributed by atoms with Gasteiger partial charge in [-0.1, -0.05) is 6.92 Å². The Kier molecular flexibility index (Phi) is 4.83. The number of piperazine rings is 1. The number of rotatable bonds is 4. The second kappa shape index (κ2) is 6.43. The van der Waals surface area contributed by atoms with Gasteiger partial charge in [0, 0.05) is 26.2 Å². The summed E-state index contributed by atoms with van der Waals surface area (Å²) in [5, 5.41) is 9.07. The molecule has 0 aliphatic carbocycles. The maximum Gasteiger partial charge on any atom is 0.243 e. The monoisotopic (exact) mass is 309 g/mol. The maximum atomic E-state index is 12.6. The van der Waals surface area contributed by atoms with Crippen molar-refractivity contribution >= 4 is 10.0 Å². The number of hydrogen-bond donors (Lipinski definition) is 0. The van der Waals surface area contributed by atoms with Gasteiger partial charge >= 0.3 is 0 Å². The molecule has 1 aliphatic heterocycles. The van der Waals surface area contributed by atoms with Crippen molar-refractivity contribution in [1.29, 1.82) is 5.26 Å². The lowest BCUT2D eigenvalue weighted by molar-refractivity contribution is 0.196. The van der Waals surface area contributed by atoms with E-state index < -0.39 is 10.0 Å². The van der Waals surface area contributed by atoms with Gasteiger partial charge in [-0.2, -0.15) is 9.57 Å². The van der Waals surface area contributed by atoms with Crippen LogP contribution in [0.15, 0.2) is 23.1 Å². The highest BCUT2D eigenvalue weighted by Gasteiger charge is 2.28. The Balaban J connectivity index is 2.26. The highest BCUT2D eigenvalue weighted by atomic mass is 32.2. The van der Waals surface area contributed by atoms with E-state index in [0.717, 1.165) is 19.6 Å². The van der Waals surface area contributed by atoms with Crippen LogP contribution in [0.5, 0.6) is 5.75 Å². The Bertz CT molecular complexity index is 644. The van der Waals surface area contributed by atoms with Crippen LogP contribution in [0.2, 0.25) is 0 Å². The summed E-state index contributed by atoms with van der Waals surface area (Å²) in [4.78, 5) is 2.35. The summed E-state index contributed by atoms with van der Waals surface area (Å²) in [6.07, 6.45) is 0. The SMILES string of the molecule is CCN1CCN(S(=O)(=O)c2ccc(OC)c(C#N)c2)CC1. The summed E-state index contributed by atoms with van der Waals surface area (Å²) in [5.74, 6) is 0.382. The van der Waals surface area contributed by atoms with E-state index in [-0.39, 0.29) is 10.5 Å². The van der Waals surface area contributed by atoms with E-state index in [4.69, 9.17) is 10.00 Å². The van der Waals surface area contributed by atoms with Gasteiger partial charge in [-0.3, -0.25) is 0 Å². The Morgan fingerprint density at radius 1 is 1.29 bits per heavy atom. The Hall–Kier alpha value is -1.62. The molecule has 0 atom stereocenters. The highest BCUT2D eigenvalue weighted by molar-refractivity contribution is 7.89. The summed E-state index contributed by atoms with van der Waals surface area (Å²) >= 11 is 0. The number of likely N-dealkylation sites (N-methyl/N-ethyl adjacent to an activating group) is 1. The zero-order valence-corrected chi connectivity index (χ0v) is 13.1. The van der Waals surface area contributed by atoms with Crippen molar-refractivity contribution in [2.75, 3.05) is 39.8 Å². The predicted octanol–water partition coefficient (Wildman–Crippen LogP) is 0.893. The van der Waals surface area contributed by atoms with Gasteiger partial charge in [0.1, 0.15) is 11.8 Å². The van der Waals surface area contributed by atoms with Crippen LogP contribution in [0.25, 0.3) is 0 Å². The van der Waals surface area contributed by atoms with Gasteiger partial charge in [0.25, 0.3) is 0 Å². The molecule has 0 aromatic heterocycles. The molecule has 7 heteroatoms. The van der Waals surface area contributed by atoms with E-state index in [0.29, 0.717) is 18.8 Å². The van der Waals surface area contributed by atoms with Crippen molar-refractivity contribution in [3.63, 3.8) is 0 Å². The second-order valence-corrected chi connectivity index (χ2v) is 6.75. The van der Waals surface area contributed by atoms with Gasteiger partial charge in [0.05, 0.1) is 17.6 Å². The first kappa shape index (κ1) is 15.8. The van der Waals surface area contributed by atoms with Crippen molar-refractivity contribution in [2.45, 2.75) is 11.8 Å². The molecule has 0 saturated carbocycles. The fourth-order valence-electron chi connectivity index (χ4n) is 2.37. The van der Waals surface area contributed by atoms with Crippen LogP contribution in [0, 0.1) is 11.3 Å². The first-order valence-electron chi connectivity index (χ1n) is 6.83. The summed E-state index contributed by atoms with van der Waals surface area (Å²) in [6, 6.07) is 6.35. The first-order valence-corrected chi connectivity index (χ1v) is 8.27. The molecule has 0 N–H and O–H groups in total. The van der Waals surface area contributed by atoms with Gasteiger partial charge in [-0.15, -0.1) is 0 Å². The standard InChI is InChI=1S/C14H19N3O3S/c1-3-16-6-8-17(9-7-16)21(18,19)13-4-5-14(20-2)12(10-13)11-15/h4-5,10H,3,6-9H2,1-2H3. The molecule has 1 aliphatic rings. The largest absolute Gasteiger partial charge is 0.495 e. The zero-order chi connectivity index (χ0) is 15.5. The topological polar surface area (TPSA) is 73.6 Å². The molecule has 21 heavy (non-hydrogen) atoms. The Morgan fingerprint density at radius 2 is 1.95 bits per heavy atom. The molecular formula is C14H19N3O3S. The summed E-state index contributed by atoms with van der Waals surface area (Å²) < 4.78 is 31.7. The fraction of sp³-hybridized carbons (Fsp3) is 0.500. The minimum Gasteiger partial charge on any atom is -0.495 e. The number of nitriles is 1. The first-order chi connectivity index (χ1) is 10.0. The number of benzene rings is 1. The average molecular weight is 309 g/mol. The molecule has 1 fully saturated rings. The van der Waals surface area contributed by atoms with E-state index in [1.807, 2.05) is 6.07 Å². The third-order valence-corrected chi connectivity index (χ3v) is 5.60. The van der Waals surface area contributed by atoms with E-state index in [1.165, 1.54) is 29.6 Å². The van der Waals surface area contributed by atoms with Gasteiger partial charge < -0.3 is 9.64 Å². The molecule has 1 saturated heterocycles. The quantitative estimate of drug-likeness (QED) is 0.826. The molecular weight excluding hydrogens is 290 g/mol. The van der Waals surface area contributed by atoms with Crippen LogP contribution in [0.1, 0.15) is 12.5 Å². The smallest absolute Gasteiger partial charge is 0.243 e. The molecule has 0 unspecified atom stereocenters. The normalized spacial score (nSPS) is 17.4. The molecule has 0 radical (unpaired) electrons. The van der Waals surface area contributed by atoms with Crippen molar-refractivity contribution < 1.29 is 13.2 Å². The predicted molar refractivity (Wildman–Crippen MR) is 78.6 cm³/mol. The molecule has 0 bridgehead atoms. The third kappa shape index (κ3) is 3.18. The van der Waals surface area contributed by atoms with Crippen LogP contribution < -0.4 is 4.74 Å². The van der Waals surface area contributed by atoms with Crippen molar-refractivity contribution in [3.05, 3.63) is 23.8 Å². The molecule has 0 spiro atoms. The number of hydrogen-bond acceptors (Lipinski definition) is 5. The molecule has 0 amide bonds. The summed E-state index contributed by atoms with van der Waals surface area (Å²) in [7, 11) is -2.10. The Morgan fingerprint density at radius 3 is 2.48 bits per heavy atom. The lowest BCUT2D eigenvalue weighted by atomic mass is 10.2. The lowest BCUT2D eigenvalue weighted by Gasteiger charge is -2.33. The number of nitrogens with zero attached hydrogens (tertiary/aromatic N) is 3. The molecule has 114 valence electrons. The van der Waals surface area contributed by atoms with Gasteiger partial charge in [-0.05, 0) is 24.7 Å². The molecule has 1 aromatic rings. The van der Waals surface area contributed by atoms with E-state index in [1.54, 1.807) is 0 Å². The zero-order valence-electron chi connectivity index (χ0n) is 12.2. The van der Waals surface area contributed by atoms with E-state index >= 15 is 0 Å². The molecule has 6 nitrogen and oxygen atoms in total.